The molecule has 15 nitrogen and oxygen atoms in total. The highest BCUT2D eigenvalue weighted by molar-refractivity contribution is 5.96. The van der Waals surface area contributed by atoms with E-state index in [0.717, 1.165) is 0 Å². The Hall–Kier alpha value is -3.46. The van der Waals surface area contributed by atoms with Crippen molar-refractivity contribution in [3.05, 3.63) is 0 Å². The maximum absolute atomic E-state index is 12.8. The predicted molar refractivity (Wildman–Crippen MR) is 124 cm³/mol. The summed E-state index contributed by atoms with van der Waals surface area (Å²) in [5, 5.41) is 16.1. The van der Waals surface area contributed by atoms with Crippen LogP contribution in [0.2, 0.25) is 0 Å². The van der Waals surface area contributed by atoms with Crippen molar-refractivity contribution in [1.29, 1.82) is 0 Å². The lowest BCUT2D eigenvalue weighted by molar-refractivity contribution is -0.142. The van der Waals surface area contributed by atoms with Crippen molar-refractivity contribution < 1.29 is 29.1 Å². The molecule has 0 aromatic carbocycles. The Bertz CT molecular complexity index is 742. The van der Waals surface area contributed by atoms with E-state index in [9.17, 15) is 24.0 Å². The van der Waals surface area contributed by atoms with E-state index >= 15 is 0 Å². The van der Waals surface area contributed by atoms with Crippen molar-refractivity contribution in [2.75, 3.05) is 13.1 Å². The molecule has 0 fully saturated rings. The van der Waals surface area contributed by atoms with Gasteiger partial charge in [-0.05, 0) is 45.6 Å². The fourth-order valence-corrected chi connectivity index (χ4v) is 2.75. The first-order valence-electron chi connectivity index (χ1n) is 10.8. The van der Waals surface area contributed by atoms with Crippen LogP contribution in [0.15, 0.2) is 4.99 Å². The molecule has 4 amide bonds. The smallest absolute Gasteiger partial charge is 0.325 e. The van der Waals surface area contributed by atoms with Crippen LogP contribution in [0.4, 0.5) is 0 Å². The number of carboxylic acid groups (broad SMARTS) is 1. The summed E-state index contributed by atoms with van der Waals surface area (Å²) in [6.07, 6.45) is 1.23. The summed E-state index contributed by atoms with van der Waals surface area (Å²) in [5.41, 5.74) is 26.9. The maximum Gasteiger partial charge on any atom is 0.325 e. The quantitative estimate of drug-likeness (QED) is 0.0543. The van der Waals surface area contributed by atoms with Crippen LogP contribution in [-0.2, 0) is 24.0 Å². The SMILES string of the molecule is CC(NC(=O)C(CCCCN)NC(=O)C(CC(N)=O)NC(=O)C(N)CCCN=C(N)N)C(=O)O. The molecule has 194 valence electrons. The Balaban J connectivity index is 5.26. The molecular formula is C19H37N9O6. The van der Waals surface area contributed by atoms with E-state index in [1.807, 2.05) is 0 Å². The van der Waals surface area contributed by atoms with Gasteiger partial charge in [0, 0.05) is 6.54 Å². The molecule has 0 aliphatic heterocycles. The highest BCUT2D eigenvalue weighted by Gasteiger charge is 2.30. The number of aliphatic imine (C=N–C) groups is 1. The molecule has 0 radical (unpaired) electrons. The highest BCUT2D eigenvalue weighted by atomic mass is 16.4. The fraction of sp³-hybridized carbons (Fsp3) is 0.684. The molecule has 0 bridgehead atoms. The summed E-state index contributed by atoms with van der Waals surface area (Å²) in [5.74, 6) is -4.52. The third kappa shape index (κ3) is 13.2. The number of guanidine groups is 1. The minimum atomic E-state index is -1.39. The molecule has 0 aliphatic carbocycles. The van der Waals surface area contributed by atoms with Gasteiger partial charge in [0.15, 0.2) is 5.96 Å². The van der Waals surface area contributed by atoms with E-state index < -0.39 is 60.2 Å². The van der Waals surface area contributed by atoms with Crippen LogP contribution in [0.5, 0.6) is 0 Å². The number of nitrogens with zero attached hydrogens (tertiary/aromatic N) is 1. The van der Waals surface area contributed by atoms with E-state index in [0.29, 0.717) is 25.8 Å². The summed E-state index contributed by atoms with van der Waals surface area (Å²) >= 11 is 0. The number of unbranched alkanes of at least 4 members (excludes halogenated alkanes) is 1. The molecule has 0 heterocycles. The van der Waals surface area contributed by atoms with E-state index in [-0.39, 0.29) is 25.3 Å². The summed E-state index contributed by atoms with van der Waals surface area (Å²) in [6, 6.07) is -4.73. The van der Waals surface area contributed by atoms with Gasteiger partial charge in [0.2, 0.25) is 23.6 Å². The molecule has 0 aliphatic rings. The molecule has 4 atom stereocenters. The number of primary amides is 1. The summed E-state index contributed by atoms with van der Waals surface area (Å²) in [6.45, 7) is 1.88. The summed E-state index contributed by atoms with van der Waals surface area (Å²) in [7, 11) is 0. The van der Waals surface area contributed by atoms with Gasteiger partial charge in [-0.2, -0.15) is 0 Å². The van der Waals surface area contributed by atoms with E-state index in [1.54, 1.807) is 0 Å². The Morgan fingerprint density at radius 1 is 0.853 bits per heavy atom. The Kier molecular flexibility index (Phi) is 14.6. The summed E-state index contributed by atoms with van der Waals surface area (Å²) < 4.78 is 0. The number of carbonyl (C=O) groups is 5. The van der Waals surface area contributed by atoms with Crippen LogP contribution in [0.3, 0.4) is 0 Å². The number of nitrogens with two attached hydrogens (primary N) is 5. The molecular weight excluding hydrogens is 450 g/mol. The molecule has 0 aromatic heterocycles. The van der Waals surface area contributed by atoms with Gasteiger partial charge >= 0.3 is 5.97 Å². The van der Waals surface area contributed by atoms with E-state index in [2.05, 4.69) is 20.9 Å². The topological polar surface area (TPSA) is 284 Å². The molecule has 0 rings (SSSR count). The molecule has 0 aromatic rings. The second kappa shape index (κ2) is 16.2. The van der Waals surface area contributed by atoms with Gasteiger partial charge in [-0.3, -0.25) is 29.0 Å². The number of aliphatic carboxylic acids is 1. The highest BCUT2D eigenvalue weighted by Crippen LogP contribution is 2.04. The van der Waals surface area contributed by atoms with Gasteiger partial charge in [-0.25, -0.2) is 0 Å². The average Bonchev–Trinajstić information content (AvgIpc) is 2.74. The molecule has 34 heavy (non-hydrogen) atoms. The monoisotopic (exact) mass is 487 g/mol. The Morgan fingerprint density at radius 3 is 1.97 bits per heavy atom. The van der Waals surface area contributed by atoms with Crippen LogP contribution in [0.1, 0.15) is 45.4 Å². The molecule has 0 saturated carbocycles. The maximum atomic E-state index is 12.8. The normalized spacial score (nSPS) is 14.1. The van der Waals surface area contributed by atoms with Gasteiger partial charge in [-0.1, -0.05) is 0 Å². The number of amides is 4. The number of hydrogen-bond donors (Lipinski definition) is 9. The van der Waals surface area contributed by atoms with Gasteiger partial charge in [0.1, 0.15) is 18.1 Å². The first kappa shape index (κ1) is 30.5. The van der Waals surface area contributed by atoms with Crippen LogP contribution in [-0.4, -0.2) is 77.9 Å². The minimum absolute atomic E-state index is 0.0981. The minimum Gasteiger partial charge on any atom is -0.480 e. The van der Waals surface area contributed by atoms with Crippen molar-refractivity contribution in [2.24, 2.45) is 33.7 Å². The van der Waals surface area contributed by atoms with Crippen molar-refractivity contribution in [1.82, 2.24) is 16.0 Å². The number of carboxylic acids is 1. The van der Waals surface area contributed by atoms with E-state index in [4.69, 9.17) is 33.8 Å². The fourth-order valence-electron chi connectivity index (χ4n) is 2.75. The number of carbonyl (C=O) groups excluding carboxylic acids is 4. The van der Waals surface area contributed by atoms with Crippen LogP contribution >= 0.6 is 0 Å². The first-order chi connectivity index (χ1) is 15.9. The van der Waals surface area contributed by atoms with Crippen molar-refractivity contribution in [2.45, 2.75) is 69.6 Å². The summed E-state index contributed by atoms with van der Waals surface area (Å²) in [4.78, 5) is 64.0. The van der Waals surface area contributed by atoms with Crippen LogP contribution in [0, 0.1) is 0 Å². The first-order valence-corrected chi connectivity index (χ1v) is 10.8. The molecule has 4 unspecified atom stereocenters. The van der Waals surface area contributed by atoms with Crippen molar-refractivity contribution in [3.8, 4) is 0 Å². The number of nitrogens with one attached hydrogen (secondary N) is 3. The Labute approximate surface area is 197 Å². The van der Waals surface area contributed by atoms with Crippen LogP contribution < -0.4 is 44.6 Å². The number of hydrogen-bond acceptors (Lipinski definition) is 8. The lowest BCUT2D eigenvalue weighted by atomic mass is 10.1. The second-order valence-corrected chi connectivity index (χ2v) is 7.70. The third-order valence-electron chi connectivity index (χ3n) is 4.65. The average molecular weight is 488 g/mol. The molecule has 0 spiro atoms. The predicted octanol–water partition coefficient (Wildman–Crippen LogP) is -4.07. The van der Waals surface area contributed by atoms with Crippen molar-refractivity contribution >= 4 is 35.6 Å². The standard InChI is InChI=1S/C19H37N9O6/c1-10(18(33)34)26-16(31)12(6-2-3-7-20)27-17(32)13(9-14(22)29)28-15(30)11(21)5-4-8-25-19(23)24/h10-13H,2-9,20-21H2,1H3,(H2,22,29)(H,26,31)(H,27,32)(H,28,30)(H,33,34)(H4,23,24,25). The van der Waals surface area contributed by atoms with Gasteiger partial charge in [0.25, 0.3) is 0 Å². The second-order valence-electron chi connectivity index (χ2n) is 7.70. The third-order valence-corrected chi connectivity index (χ3v) is 4.65. The lowest BCUT2D eigenvalue weighted by Gasteiger charge is -2.24. The molecule has 0 saturated heterocycles. The van der Waals surface area contributed by atoms with Gasteiger partial charge < -0.3 is 49.7 Å². The molecule has 15 heteroatoms. The van der Waals surface area contributed by atoms with Crippen LogP contribution in [0.25, 0.3) is 0 Å². The zero-order valence-electron chi connectivity index (χ0n) is 19.3. The zero-order valence-corrected chi connectivity index (χ0v) is 19.3. The Morgan fingerprint density at radius 2 is 1.44 bits per heavy atom. The van der Waals surface area contributed by atoms with Crippen molar-refractivity contribution in [3.63, 3.8) is 0 Å². The van der Waals surface area contributed by atoms with E-state index in [1.165, 1.54) is 6.92 Å². The van der Waals surface area contributed by atoms with Gasteiger partial charge in [-0.15, -0.1) is 0 Å². The van der Waals surface area contributed by atoms with Gasteiger partial charge in [0.05, 0.1) is 12.5 Å². The largest absolute Gasteiger partial charge is 0.480 e. The molecule has 14 N–H and O–H groups in total. The number of rotatable bonds is 17. The lowest BCUT2D eigenvalue weighted by Crippen LogP contribution is -2.57. The zero-order chi connectivity index (χ0) is 26.3.